The van der Waals surface area contributed by atoms with Gasteiger partial charge in [0.05, 0.1) is 15.3 Å². The minimum atomic E-state index is -0.974. The molecule has 1 aliphatic rings. The Balaban J connectivity index is 2.29. The van der Waals surface area contributed by atoms with Crippen molar-refractivity contribution in [2.45, 2.75) is 26.2 Å². The lowest BCUT2D eigenvalue weighted by atomic mass is 9.78. The Morgan fingerprint density at radius 2 is 2.20 bits per heavy atom. The zero-order chi connectivity index (χ0) is 14.9. The first-order chi connectivity index (χ1) is 9.39. The maximum atomic E-state index is 12.8. The standard InChI is InChI=1S/C13H15Cl2NO3S/c1-2-3-13(4-5-16(7-13)12(18)19)10(17)9-6-8(14)11(15)20-9/h6H,2-5,7H2,1H3,(H,18,19). The molecular formula is C13H15Cl2NO3S. The lowest BCUT2D eigenvalue weighted by Crippen LogP contribution is -2.36. The number of ketones is 1. The molecule has 1 saturated heterocycles. The van der Waals surface area contributed by atoms with Crippen LogP contribution in [0.15, 0.2) is 6.07 Å². The fourth-order valence-electron chi connectivity index (χ4n) is 2.74. The fourth-order valence-corrected chi connectivity index (χ4v) is 4.17. The van der Waals surface area contributed by atoms with E-state index in [9.17, 15) is 9.59 Å². The lowest BCUT2D eigenvalue weighted by Gasteiger charge is -2.26. The van der Waals surface area contributed by atoms with Gasteiger partial charge in [-0.3, -0.25) is 4.79 Å². The highest BCUT2D eigenvalue weighted by molar-refractivity contribution is 7.18. The van der Waals surface area contributed by atoms with Gasteiger partial charge < -0.3 is 10.0 Å². The minimum absolute atomic E-state index is 0.0399. The van der Waals surface area contributed by atoms with Crippen molar-refractivity contribution in [1.29, 1.82) is 0 Å². The van der Waals surface area contributed by atoms with E-state index in [1.54, 1.807) is 6.07 Å². The number of rotatable bonds is 4. The van der Waals surface area contributed by atoms with Gasteiger partial charge in [-0.05, 0) is 18.9 Å². The molecule has 0 spiro atoms. The number of halogens is 2. The highest BCUT2D eigenvalue weighted by atomic mass is 35.5. The van der Waals surface area contributed by atoms with Gasteiger partial charge in [0, 0.05) is 13.1 Å². The molecule has 1 aromatic heterocycles. The number of carbonyl (C=O) groups is 2. The van der Waals surface area contributed by atoms with Crippen LogP contribution in [0.2, 0.25) is 9.36 Å². The molecule has 1 unspecified atom stereocenters. The summed E-state index contributed by atoms with van der Waals surface area (Å²) in [7, 11) is 0. The van der Waals surface area contributed by atoms with Crippen LogP contribution in [0.5, 0.6) is 0 Å². The molecule has 110 valence electrons. The zero-order valence-electron chi connectivity index (χ0n) is 11.0. The number of nitrogens with zero attached hydrogens (tertiary/aromatic N) is 1. The second-order valence-electron chi connectivity index (χ2n) is 5.05. The van der Waals surface area contributed by atoms with Crippen LogP contribution in [0, 0.1) is 5.41 Å². The van der Waals surface area contributed by atoms with Crippen LogP contribution < -0.4 is 0 Å². The van der Waals surface area contributed by atoms with E-state index in [0.29, 0.717) is 33.6 Å². The van der Waals surface area contributed by atoms with Gasteiger partial charge in [-0.25, -0.2) is 4.79 Å². The SMILES string of the molecule is CCCC1(C(=O)c2cc(Cl)c(Cl)s2)CCN(C(=O)O)C1. The van der Waals surface area contributed by atoms with E-state index >= 15 is 0 Å². The Morgan fingerprint density at radius 3 is 2.65 bits per heavy atom. The van der Waals surface area contributed by atoms with Crippen LogP contribution in [-0.2, 0) is 0 Å². The monoisotopic (exact) mass is 335 g/mol. The van der Waals surface area contributed by atoms with Gasteiger partial charge in [0.2, 0.25) is 0 Å². The van der Waals surface area contributed by atoms with Crippen LogP contribution >= 0.6 is 34.5 Å². The smallest absolute Gasteiger partial charge is 0.407 e. The second kappa shape index (κ2) is 5.92. The van der Waals surface area contributed by atoms with Gasteiger partial charge in [0.1, 0.15) is 4.34 Å². The molecular weight excluding hydrogens is 321 g/mol. The molecule has 0 radical (unpaired) electrons. The van der Waals surface area contributed by atoms with E-state index in [2.05, 4.69) is 0 Å². The quantitative estimate of drug-likeness (QED) is 0.829. The highest BCUT2D eigenvalue weighted by Gasteiger charge is 2.46. The summed E-state index contributed by atoms with van der Waals surface area (Å²) in [5, 5.41) is 9.46. The largest absolute Gasteiger partial charge is 0.465 e. The molecule has 0 saturated carbocycles. The molecule has 20 heavy (non-hydrogen) atoms. The van der Waals surface area contributed by atoms with Gasteiger partial charge in [0.25, 0.3) is 0 Å². The Kier molecular flexibility index (Phi) is 4.62. The van der Waals surface area contributed by atoms with Gasteiger partial charge in [0.15, 0.2) is 5.78 Å². The van der Waals surface area contributed by atoms with Gasteiger partial charge in [-0.2, -0.15) is 0 Å². The molecule has 2 rings (SSSR count). The molecule has 1 fully saturated rings. The maximum Gasteiger partial charge on any atom is 0.407 e. The summed E-state index contributed by atoms with van der Waals surface area (Å²) in [6, 6.07) is 1.58. The number of carboxylic acid groups (broad SMARTS) is 1. The van der Waals surface area contributed by atoms with Gasteiger partial charge >= 0.3 is 6.09 Å². The molecule has 1 aliphatic heterocycles. The minimum Gasteiger partial charge on any atom is -0.465 e. The topological polar surface area (TPSA) is 57.6 Å². The fraction of sp³-hybridized carbons (Fsp3) is 0.538. The number of carbonyl (C=O) groups excluding carboxylic acids is 1. The van der Waals surface area contributed by atoms with Crippen molar-refractivity contribution < 1.29 is 14.7 Å². The van der Waals surface area contributed by atoms with Crippen LogP contribution in [0.1, 0.15) is 35.9 Å². The van der Waals surface area contributed by atoms with Crippen LogP contribution in [0.3, 0.4) is 0 Å². The molecule has 0 aromatic carbocycles. The number of hydrogen-bond acceptors (Lipinski definition) is 3. The molecule has 0 aliphatic carbocycles. The Morgan fingerprint density at radius 1 is 1.50 bits per heavy atom. The van der Waals surface area contributed by atoms with Crippen molar-refractivity contribution in [3.05, 3.63) is 20.3 Å². The number of thiophene rings is 1. The summed E-state index contributed by atoms with van der Waals surface area (Å²) in [6.45, 7) is 2.64. The second-order valence-corrected chi connectivity index (χ2v) is 7.11. The summed E-state index contributed by atoms with van der Waals surface area (Å²) in [5.74, 6) is -0.0399. The summed E-state index contributed by atoms with van der Waals surface area (Å²) in [4.78, 5) is 25.7. The van der Waals surface area contributed by atoms with E-state index < -0.39 is 11.5 Å². The molecule has 1 amide bonds. The average Bonchev–Trinajstić information content (AvgIpc) is 2.95. The Labute approximate surface area is 131 Å². The maximum absolute atomic E-state index is 12.8. The van der Waals surface area contributed by atoms with Crippen molar-refractivity contribution in [3.8, 4) is 0 Å². The zero-order valence-corrected chi connectivity index (χ0v) is 13.3. The summed E-state index contributed by atoms with van der Waals surface area (Å²) < 4.78 is 0.398. The van der Waals surface area contributed by atoms with Crippen LogP contribution in [0.4, 0.5) is 4.79 Å². The normalized spacial score (nSPS) is 22.2. The van der Waals surface area contributed by atoms with Crippen LogP contribution in [0.25, 0.3) is 0 Å². The Hall–Kier alpha value is -0.780. The van der Waals surface area contributed by atoms with E-state index in [4.69, 9.17) is 28.3 Å². The summed E-state index contributed by atoms with van der Waals surface area (Å²) in [5.41, 5.74) is -0.634. The van der Waals surface area contributed by atoms with Crippen molar-refractivity contribution in [2.75, 3.05) is 13.1 Å². The molecule has 1 atom stereocenters. The predicted octanol–water partition coefficient (Wildman–Crippen LogP) is 4.41. The first kappa shape index (κ1) is 15.6. The highest BCUT2D eigenvalue weighted by Crippen LogP contribution is 2.42. The molecule has 1 N–H and O–H groups in total. The average molecular weight is 336 g/mol. The van der Waals surface area contributed by atoms with Crippen molar-refractivity contribution in [1.82, 2.24) is 4.90 Å². The number of likely N-dealkylation sites (tertiary alicyclic amines) is 1. The Bertz CT molecular complexity index is 526. The predicted molar refractivity (Wildman–Crippen MR) is 80.2 cm³/mol. The van der Waals surface area contributed by atoms with Gasteiger partial charge in [-0.15, -0.1) is 11.3 Å². The third-order valence-electron chi connectivity index (χ3n) is 3.70. The third kappa shape index (κ3) is 2.80. The number of hydrogen-bond donors (Lipinski definition) is 1. The molecule has 0 bridgehead atoms. The molecule has 1 aromatic rings. The molecule has 7 heteroatoms. The van der Waals surface area contributed by atoms with E-state index in [1.807, 2.05) is 6.92 Å². The summed E-state index contributed by atoms with van der Waals surface area (Å²) in [6.07, 6.45) is 1.08. The van der Waals surface area contributed by atoms with E-state index in [-0.39, 0.29) is 12.3 Å². The number of amides is 1. The van der Waals surface area contributed by atoms with Crippen molar-refractivity contribution in [3.63, 3.8) is 0 Å². The first-order valence-corrected chi connectivity index (χ1v) is 7.94. The molecule has 2 heterocycles. The summed E-state index contributed by atoms with van der Waals surface area (Å²) >= 11 is 13.0. The first-order valence-electron chi connectivity index (χ1n) is 6.37. The van der Waals surface area contributed by atoms with Crippen molar-refractivity contribution >= 4 is 46.4 Å². The van der Waals surface area contributed by atoms with E-state index in [1.165, 1.54) is 4.90 Å². The van der Waals surface area contributed by atoms with Crippen molar-refractivity contribution in [2.24, 2.45) is 5.41 Å². The number of Topliss-reactive ketones (excluding diaryl/α,β-unsaturated/α-hetero) is 1. The van der Waals surface area contributed by atoms with Gasteiger partial charge in [-0.1, -0.05) is 36.5 Å². The third-order valence-corrected chi connectivity index (χ3v) is 5.57. The van der Waals surface area contributed by atoms with Crippen LogP contribution in [-0.4, -0.2) is 35.0 Å². The molecule has 4 nitrogen and oxygen atoms in total. The lowest BCUT2D eigenvalue weighted by molar-refractivity contribution is 0.0785. The van der Waals surface area contributed by atoms with E-state index in [0.717, 1.165) is 17.8 Å².